The summed E-state index contributed by atoms with van der Waals surface area (Å²) in [6.45, 7) is 1.30. The molecule has 1 amide bonds. The van der Waals surface area contributed by atoms with Crippen LogP contribution in [0.4, 0.5) is 0 Å². The van der Waals surface area contributed by atoms with E-state index in [0.717, 1.165) is 17.6 Å². The average Bonchev–Trinajstić information content (AvgIpc) is 2.38. The smallest absolute Gasteiger partial charge is 0.271 e. The number of halogens is 2. The number of hydrogen-bond acceptors (Lipinski definition) is 4. The predicted octanol–water partition coefficient (Wildman–Crippen LogP) is 1.42. The molecular weight excluding hydrogens is 287 g/mol. The monoisotopic (exact) mass is 302 g/mol. The van der Waals surface area contributed by atoms with Crippen LogP contribution in [0.3, 0.4) is 0 Å². The minimum absolute atomic E-state index is 0. The number of hydrogen-bond donors (Lipinski definition) is 2. The van der Waals surface area contributed by atoms with Gasteiger partial charge in [-0.05, 0) is 19.2 Å². The molecular formula is C12H16Cl2N4O. The van der Waals surface area contributed by atoms with Crippen LogP contribution < -0.4 is 10.6 Å². The predicted molar refractivity (Wildman–Crippen MR) is 80.3 cm³/mol. The van der Waals surface area contributed by atoms with E-state index in [0.29, 0.717) is 12.2 Å². The lowest BCUT2D eigenvalue weighted by molar-refractivity contribution is 0.0949. The normalized spacial score (nSPS) is 9.32. The summed E-state index contributed by atoms with van der Waals surface area (Å²) >= 11 is 0. The van der Waals surface area contributed by atoms with E-state index < -0.39 is 0 Å². The summed E-state index contributed by atoms with van der Waals surface area (Å²) < 4.78 is 0. The van der Waals surface area contributed by atoms with Crippen LogP contribution in [-0.2, 0) is 0 Å². The van der Waals surface area contributed by atoms with Crippen molar-refractivity contribution >= 4 is 41.8 Å². The maximum atomic E-state index is 11.7. The molecule has 19 heavy (non-hydrogen) atoms. The Labute approximate surface area is 124 Å². The third-order valence-corrected chi connectivity index (χ3v) is 2.34. The molecule has 0 spiro atoms. The van der Waals surface area contributed by atoms with Gasteiger partial charge in [0.25, 0.3) is 5.91 Å². The molecule has 1 heterocycles. The third kappa shape index (κ3) is 4.63. The Hall–Kier alpha value is -1.43. The van der Waals surface area contributed by atoms with Gasteiger partial charge in [0, 0.05) is 13.1 Å². The largest absolute Gasteiger partial charge is 0.349 e. The van der Waals surface area contributed by atoms with Crippen molar-refractivity contribution in [2.75, 3.05) is 20.1 Å². The van der Waals surface area contributed by atoms with Crippen LogP contribution in [0, 0.1) is 0 Å². The second kappa shape index (κ2) is 8.63. The van der Waals surface area contributed by atoms with Crippen molar-refractivity contribution in [2.45, 2.75) is 0 Å². The Morgan fingerprint density at radius 3 is 2.53 bits per heavy atom. The van der Waals surface area contributed by atoms with Crippen molar-refractivity contribution in [1.82, 2.24) is 20.6 Å². The van der Waals surface area contributed by atoms with Crippen LogP contribution in [0.5, 0.6) is 0 Å². The second-order valence-corrected chi connectivity index (χ2v) is 3.60. The van der Waals surface area contributed by atoms with E-state index in [1.165, 1.54) is 6.20 Å². The summed E-state index contributed by atoms with van der Waals surface area (Å²) in [6, 6.07) is 7.47. The number of carbonyl (C=O) groups is 1. The maximum Gasteiger partial charge on any atom is 0.271 e. The van der Waals surface area contributed by atoms with Crippen LogP contribution in [0.2, 0.25) is 0 Å². The van der Waals surface area contributed by atoms with Gasteiger partial charge in [-0.3, -0.25) is 9.78 Å². The molecule has 1 aromatic heterocycles. The van der Waals surface area contributed by atoms with Crippen LogP contribution in [0.25, 0.3) is 11.0 Å². The SMILES string of the molecule is CNCCNC(=O)c1cnc2ccccc2n1.Cl.Cl. The number of likely N-dealkylation sites (N-methyl/N-ethyl adjacent to an activating group) is 1. The number of para-hydroxylation sites is 2. The fraction of sp³-hybridized carbons (Fsp3) is 0.250. The molecule has 0 atom stereocenters. The molecule has 7 heteroatoms. The van der Waals surface area contributed by atoms with E-state index in [2.05, 4.69) is 20.6 Å². The van der Waals surface area contributed by atoms with E-state index >= 15 is 0 Å². The summed E-state index contributed by atoms with van der Waals surface area (Å²) in [5.41, 5.74) is 1.87. The van der Waals surface area contributed by atoms with Crippen molar-refractivity contribution in [3.63, 3.8) is 0 Å². The van der Waals surface area contributed by atoms with Gasteiger partial charge >= 0.3 is 0 Å². The van der Waals surface area contributed by atoms with Gasteiger partial charge in [0.2, 0.25) is 0 Å². The highest BCUT2D eigenvalue weighted by molar-refractivity contribution is 5.93. The summed E-state index contributed by atoms with van der Waals surface area (Å²) in [6.07, 6.45) is 1.50. The van der Waals surface area contributed by atoms with Crippen molar-refractivity contribution in [1.29, 1.82) is 0 Å². The lowest BCUT2D eigenvalue weighted by atomic mass is 10.3. The van der Waals surface area contributed by atoms with Crippen molar-refractivity contribution in [3.8, 4) is 0 Å². The number of benzene rings is 1. The van der Waals surface area contributed by atoms with Gasteiger partial charge < -0.3 is 10.6 Å². The molecule has 2 N–H and O–H groups in total. The fourth-order valence-electron chi connectivity index (χ4n) is 1.46. The average molecular weight is 303 g/mol. The first-order chi connectivity index (χ1) is 8.31. The summed E-state index contributed by atoms with van der Waals surface area (Å²) in [4.78, 5) is 20.2. The highest BCUT2D eigenvalue weighted by Gasteiger charge is 2.07. The van der Waals surface area contributed by atoms with E-state index in [4.69, 9.17) is 0 Å². The number of aromatic nitrogens is 2. The van der Waals surface area contributed by atoms with Gasteiger partial charge in [-0.25, -0.2) is 4.98 Å². The van der Waals surface area contributed by atoms with E-state index in [1.54, 1.807) is 0 Å². The molecule has 0 aliphatic carbocycles. The molecule has 2 aromatic rings. The maximum absolute atomic E-state index is 11.7. The minimum atomic E-state index is -0.196. The number of rotatable bonds is 4. The van der Waals surface area contributed by atoms with Crippen LogP contribution in [0.1, 0.15) is 10.5 Å². The zero-order valence-corrected chi connectivity index (χ0v) is 12.1. The molecule has 2 rings (SSSR count). The van der Waals surface area contributed by atoms with E-state index in [-0.39, 0.29) is 30.7 Å². The Kier molecular flexibility index (Phi) is 7.98. The van der Waals surface area contributed by atoms with Gasteiger partial charge in [-0.15, -0.1) is 24.8 Å². The molecule has 104 valence electrons. The zero-order valence-electron chi connectivity index (χ0n) is 10.4. The molecule has 0 aliphatic heterocycles. The number of fused-ring (bicyclic) bond motifs is 1. The Morgan fingerprint density at radius 1 is 1.16 bits per heavy atom. The van der Waals surface area contributed by atoms with Crippen LogP contribution in [0.15, 0.2) is 30.5 Å². The minimum Gasteiger partial charge on any atom is -0.349 e. The van der Waals surface area contributed by atoms with Crippen molar-refractivity contribution < 1.29 is 4.79 Å². The molecule has 0 saturated carbocycles. The number of nitrogens with one attached hydrogen (secondary N) is 2. The highest BCUT2D eigenvalue weighted by Crippen LogP contribution is 2.08. The van der Waals surface area contributed by atoms with Gasteiger partial charge in [-0.1, -0.05) is 12.1 Å². The topological polar surface area (TPSA) is 66.9 Å². The highest BCUT2D eigenvalue weighted by atomic mass is 35.5. The number of carbonyl (C=O) groups excluding carboxylic acids is 1. The van der Waals surface area contributed by atoms with E-state index in [9.17, 15) is 4.79 Å². The Morgan fingerprint density at radius 2 is 1.84 bits per heavy atom. The standard InChI is InChI=1S/C12H14N4O.2ClH/c1-13-6-7-14-12(17)11-8-15-9-4-2-3-5-10(9)16-11;;/h2-5,8,13H,6-7H2,1H3,(H,14,17);2*1H. The second-order valence-electron chi connectivity index (χ2n) is 3.60. The summed E-state index contributed by atoms with van der Waals surface area (Å²) in [5.74, 6) is -0.196. The molecule has 0 bridgehead atoms. The van der Waals surface area contributed by atoms with Crippen LogP contribution in [-0.4, -0.2) is 36.0 Å². The summed E-state index contributed by atoms with van der Waals surface area (Å²) in [7, 11) is 1.84. The van der Waals surface area contributed by atoms with E-state index in [1.807, 2.05) is 31.3 Å². The lowest BCUT2D eigenvalue weighted by Crippen LogP contribution is -2.31. The van der Waals surface area contributed by atoms with Crippen molar-refractivity contribution in [3.05, 3.63) is 36.2 Å². The zero-order chi connectivity index (χ0) is 12.1. The van der Waals surface area contributed by atoms with Crippen molar-refractivity contribution in [2.24, 2.45) is 0 Å². The molecule has 0 unspecified atom stereocenters. The van der Waals surface area contributed by atoms with Gasteiger partial charge in [0.15, 0.2) is 0 Å². The van der Waals surface area contributed by atoms with Gasteiger partial charge in [0.05, 0.1) is 17.2 Å². The quantitative estimate of drug-likeness (QED) is 0.838. The first kappa shape index (κ1) is 17.6. The summed E-state index contributed by atoms with van der Waals surface area (Å²) in [5, 5.41) is 5.71. The Bertz CT molecular complexity index is 536. The Balaban J connectivity index is 0.00000162. The molecule has 0 aliphatic rings. The lowest BCUT2D eigenvalue weighted by Gasteiger charge is -2.04. The molecule has 5 nitrogen and oxygen atoms in total. The molecule has 0 saturated heterocycles. The first-order valence-electron chi connectivity index (χ1n) is 5.46. The van der Waals surface area contributed by atoms with Crippen LogP contribution >= 0.6 is 24.8 Å². The van der Waals surface area contributed by atoms with Gasteiger partial charge in [-0.2, -0.15) is 0 Å². The number of amides is 1. The molecule has 0 fully saturated rings. The fourth-order valence-corrected chi connectivity index (χ4v) is 1.46. The third-order valence-electron chi connectivity index (χ3n) is 2.34. The number of nitrogens with zero attached hydrogens (tertiary/aromatic N) is 2. The molecule has 1 aromatic carbocycles. The van der Waals surface area contributed by atoms with Gasteiger partial charge in [0.1, 0.15) is 5.69 Å². The first-order valence-corrected chi connectivity index (χ1v) is 5.46. The molecule has 0 radical (unpaired) electrons.